The quantitative estimate of drug-likeness (QED) is 0.791. The van der Waals surface area contributed by atoms with E-state index in [4.69, 9.17) is 10.2 Å². The minimum absolute atomic E-state index is 0.334. The van der Waals surface area contributed by atoms with Gasteiger partial charge in [0.1, 0.15) is 5.82 Å². The summed E-state index contributed by atoms with van der Waals surface area (Å²) in [5.41, 5.74) is 6.71. The average Bonchev–Trinajstić information content (AvgIpc) is 2.71. The molecule has 3 nitrogen and oxygen atoms in total. The number of benzene rings is 1. The summed E-state index contributed by atoms with van der Waals surface area (Å²) in [5, 5.41) is 0. The summed E-state index contributed by atoms with van der Waals surface area (Å²) in [4.78, 5) is 3.73. The molecule has 0 radical (unpaired) electrons. The smallest absolute Gasteiger partial charge is 0.181 e. The first kappa shape index (κ1) is 8.90. The van der Waals surface area contributed by atoms with Crippen molar-refractivity contribution in [2.75, 3.05) is 0 Å². The Labute approximate surface area is 80.4 Å². The summed E-state index contributed by atoms with van der Waals surface area (Å²) in [6.07, 6.45) is 2.74. The van der Waals surface area contributed by atoms with Gasteiger partial charge in [-0.05, 0) is 17.7 Å². The lowest BCUT2D eigenvalue weighted by molar-refractivity contribution is 0.561. The molecule has 2 rings (SSSR count). The molecule has 14 heavy (non-hydrogen) atoms. The maximum absolute atomic E-state index is 13.3. The molecule has 0 saturated heterocycles. The van der Waals surface area contributed by atoms with E-state index in [0.29, 0.717) is 17.9 Å². The predicted octanol–water partition coefficient (Wildman–Crippen LogP) is 1.94. The summed E-state index contributed by atoms with van der Waals surface area (Å²) in [6, 6.07) is 4.69. The summed E-state index contributed by atoms with van der Waals surface area (Å²) in [5.74, 6) is 0.0803. The van der Waals surface area contributed by atoms with Gasteiger partial charge in [0.05, 0.1) is 11.8 Å². The molecule has 0 aliphatic carbocycles. The molecule has 0 aliphatic rings. The lowest BCUT2D eigenvalue weighted by Crippen LogP contribution is -1.97. The Morgan fingerprint density at radius 1 is 1.43 bits per heavy atom. The predicted molar refractivity (Wildman–Crippen MR) is 49.8 cm³/mol. The number of rotatable bonds is 2. The monoisotopic (exact) mass is 192 g/mol. The van der Waals surface area contributed by atoms with Gasteiger partial charge >= 0.3 is 0 Å². The van der Waals surface area contributed by atoms with Gasteiger partial charge in [0, 0.05) is 6.54 Å². The first-order chi connectivity index (χ1) is 6.81. The second kappa shape index (κ2) is 3.59. The second-order valence-corrected chi connectivity index (χ2v) is 2.88. The van der Waals surface area contributed by atoms with Crippen molar-refractivity contribution in [2.45, 2.75) is 6.54 Å². The highest BCUT2D eigenvalue weighted by molar-refractivity contribution is 5.58. The van der Waals surface area contributed by atoms with Gasteiger partial charge in [-0.15, -0.1) is 0 Å². The van der Waals surface area contributed by atoms with Crippen molar-refractivity contribution >= 4 is 0 Å². The Balaban J connectivity index is 2.51. The number of hydrogen-bond donors (Lipinski definition) is 1. The number of aromatic nitrogens is 1. The lowest BCUT2D eigenvalue weighted by atomic mass is 10.1. The van der Waals surface area contributed by atoms with Crippen LogP contribution in [0, 0.1) is 5.82 Å². The van der Waals surface area contributed by atoms with Crippen LogP contribution in [-0.4, -0.2) is 4.98 Å². The zero-order valence-corrected chi connectivity index (χ0v) is 7.40. The average molecular weight is 192 g/mol. The summed E-state index contributed by atoms with van der Waals surface area (Å²) in [7, 11) is 0. The molecular weight excluding hydrogens is 183 g/mol. The fraction of sp³-hybridized carbons (Fsp3) is 0.100. The highest BCUT2D eigenvalue weighted by atomic mass is 19.1. The van der Waals surface area contributed by atoms with Crippen LogP contribution in [0.5, 0.6) is 0 Å². The first-order valence-electron chi connectivity index (χ1n) is 4.18. The Bertz CT molecular complexity index is 426. The van der Waals surface area contributed by atoms with Gasteiger partial charge in [-0.1, -0.05) is 6.07 Å². The van der Waals surface area contributed by atoms with E-state index >= 15 is 0 Å². The third-order valence-corrected chi connectivity index (χ3v) is 1.96. The van der Waals surface area contributed by atoms with Crippen molar-refractivity contribution in [3.05, 3.63) is 42.2 Å². The zero-order valence-electron chi connectivity index (χ0n) is 7.40. The molecule has 0 saturated carbocycles. The minimum atomic E-state index is -0.334. The number of nitrogens with two attached hydrogens (primary N) is 1. The van der Waals surface area contributed by atoms with Crippen molar-refractivity contribution in [3.63, 3.8) is 0 Å². The molecule has 0 fully saturated rings. The molecule has 0 atom stereocenters. The third-order valence-electron chi connectivity index (χ3n) is 1.96. The molecule has 0 amide bonds. The van der Waals surface area contributed by atoms with Gasteiger partial charge in [-0.25, -0.2) is 9.37 Å². The molecule has 2 aromatic rings. The third kappa shape index (κ3) is 1.52. The van der Waals surface area contributed by atoms with E-state index in [9.17, 15) is 4.39 Å². The number of nitrogens with zero attached hydrogens (tertiary/aromatic N) is 1. The van der Waals surface area contributed by atoms with Crippen LogP contribution in [0.1, 0.15) is 5.56 Å². The van der Waals surface area contributed by atoms with Crippen molar-refractivity contribution in [2.24, 2.45) is 5.73 Å². The van der Waals surface area contributed by atoms with E-state index in [2.05, 4.69) is 4.98 Å². The van der Waals surface area contributed by atoms with Crippen LogP contribution in [0.4, 0.5) is 4.39 Å². The highest BCUT2D eigenvalue weighted by Crippen LogP contribution is 2.23. The fourth-order valence-corrected chi connectivity index (χ4v) is 1.24. The topological polar surface area (TPSA) is 52.0 Å². The maximum Gasteiger partial charge on any atom is 0.181 e. The first-order valence-corrected chi connectivity index (χ1v) is 4.18. The van der Waals surface area contributed by atoms with Crippen molar-refractivity contribution in [1.82, 2.24) is 4.98 Å². The normalized spacial score (nSPS) is 10.4. The van der Waals surface area contributed by atoms with E-state index in [-0.39, 0.29) is 5.82 Å². The van der Waals surface area contributed by atoms with E-state index < -0.39 is 0 Å². The molecule has 0 bridgehead atoms. The Morgan fingerprint density at radius 2 is 2.29 bits per heavy atom. The Morgan fingerprint density at radius 3 is 2.93 bits per heavy atom. The fourth-order valence-electron chi connectivity index (χ4n) is 1.24. The Kier molecular flexibility index (Phi) is 2.28. The van der Waals surface area contributed by atoms with Crippen molar-refractivity contribution in [1.29, 1.82) is 0 Å². The summed E-state index contributed by atoms with van der Waals surface area (Å²) < 4.78 is 18.3. The van der Waals surface area contributed by atoms with Gasteiger partial charge in [0.15, 0.2) is 12.2 Å². The van der Waals surface area contributed by atoms with Gasteiger partial charge < -0.3 is 10.2 Å². The molecule has 1 aromatic heterocycles. The summed E-state index contributed by atoms with van der Waals surface area (Å²) >= 11 is 0. The standard InChI is InChI=1S/C10H9FN2O/c11-9-2-1-7(4-12)3-8(9)10-5-13-6-14-10/h1-3,5-6H,4,12H2. The molecule has 0 unspecified atom stereocenters. The van der Waals surface area contributed by atoms with E-state index in [0.717, 1.165) is 5.56 Å². The van der Waals surface area contributed by atoms with Gasteiger partial charge in [-0.3, -0.25) is 0 Å². The van der Waals surface area contributed by atoms with E-state index in [1.807, 2.05) is 0 Å². The maximum atomic E-state index is 13.3. The molecule has 0 spiro atoms. The van der Waals surface area contributed by atoms with Gasteiger partial charge in [0.25, 0.3) is 0 Å². The van der Waals surface area contributed by atoms with Crippen LogP contribution in [0.15, 0.2) is 35.2 Å². The molecule has 4 heteroatoms. The van der Waals surface area contributed by atoms with Crippen molar-refractivity contribution < 1.29 is 8.81 Å². The van der Waals surface area contributed by atoms with Crippen LogP contribution in [0.3, 0.4) is 0 Å². The van der Waals surface area contributed by atoms with Gasteiger partial charge in [-0.2, -0.15) is 0 Å². The molecule has 2 N–H and O–H groups in total. The molecule has 1 heterocycles. The largest absolute Gasteiger partial charge is 0.443 e. The second-order valence-electron chi connectivity index (χ2n) is 2.88. The zero-order chi connectivity index (χ0) is 9.97. The van der Waals surface area contributed by atoms with Crippen LogP contribution in [0.25, 0.3) is 11.3 Å². The van der Waals surface area contributed by atoms with E-state index in [1.165, 1.54) is 18.7 Å². The molecular formula is C10H9FN2O. The molecule has 72 valence electrons. The van der Waals surface area contributed by atoms with Crippen LogP contribution in [-0.2, 0) is 6.54 Å². The summed E-state index contributed by atoms with van der Waals surface area (Å²) in [6.45, 7) is 0.376. The van der Waals surface area contributed by atoms with Crippen LogP contribution < -0.4 is 5.73 Å². The van der Waals surface area contributed by atoms with Crippen molar-refractivity contribution in [3.8, 4) is 11.3 Å². The number of hydrogen-bond acceptors (Lipinski definition) is 3. The minimum Gasteiger partial charge on any atom is -0.443 e. The molecule has 1 aromatic carbocycles. The Hall–Kier alpha value is -1.68. The highest BCUT2D eigenvalue weighted by Gasteiger charge is 2.08. The SMILES string of the molecule is NCc1ccc(F)c(-c2cnco2)c1. The lowest BCUT2D eigenvalue weighted by Gasteiger charge is -2.01. The number of halogens is 1. The van der Waals surface area contributed by atoms with Crippen LogP contribution in [0.2, 0.25) is 0 Å². The number of oxazole rings is 1. The molecule has 0 aliphatic heterocycles. The van der Waals surface area contributed by atoms with Crippen LogP contribution >= 0.6 is 0 Å². The van der Waals surface area contributed by atoms with Gasteiger partial charge in [0.2, 0.25) is 0 Å². The van der Waals surface area contributed by atoms with E-state index in [1.54, 1.807) is 12.1 Å².